The van der Waals surface area contributed by atoms with E-state index in [0.717, 1.165) is 11.2 Å². The van der Waals surface area contributed by atoms with Crippen LogP contribution in [-0.2, 0) is 0 Å². The lowest BCUT2D eigenvalue weighted by Gasteiger charge is -2.46. The van der Waals surface area contributed by atoms with Crippen LogP contribution in [0, 0.1) is 6.92 Å². The number of hydrogen-bond acceptors (Lipinski definition) is 3. The van der Waals surface area contributed by atoms with E-state index < -0.39 is 0 Å². The average Bonchev–Trinajstić information content (AvgIpc) is 2.71. The highest BCUT2D eigenvalue weighted by atomic mass is 16.3. The highest BCUT2D eigenvalue weighted by Crippen LogP contribution is 2.42. The van der Waals surface area contributed by atoms with Crippen molar-refractivity contribution in [2.24, 2.45) is 0 Å². The Morgan fingerprint density at radius 2 is 1.88 bits per heavy atom. The van der Waals surface area contributed by atoms with E-state index in [-0.39, 0.29) is 0 Å². The summed E-state index contributed by atoms with van der Waals surface area (Å²) in [5.41, 5.74) is 4.69. The summed E-state index contributed by atoms with van der Waals surface area (Å²) >= 11 is 0. The number of anilines is 1. The number of nitrogens with zero attached hydrogens (tertiary/aromatic N) is 2. The molecule has 1 aromatic heterocycles. The van der Waals surface area contributed by atoms with Crippen LogP contribution in [0.15, 0.2) is 40.8 Å². The number of benzene rings is 2. The summed E-state index contributed by atoms with van der Waals surface area (Å²) in [6, 6.07) is 13.5. The van der Waals surface area contributed by atoms with Gasteiger partial charge in [0.05, 0.1) is 11.9 Å². The van der Waals surface area contributed by atoms with E-state index in [1.165, 1.54) is 54.4 Å². The lowest BCUT2D eigenvalue weighted by atomic mass is 10.0. The number of fused-ring (bicyclic) bond motifs is 7. The maximum absolute atomic E-state index is 6.35. The third kappa shape index (κ3) is 1.94. The molecule has 124 valence electrons. The van der Waals surface area contributed by atoms with Crippen LogP contribution in [0.3, 0.4) is 0 Å². The van der Waals surface area contributed by atoms with Crippen molar-refractivity contribution in [1.29, 1.82) is 0 Å². The Kier molecular flexibility index (Phi) is 3.14. The predicted octanol–water partition coefficient (Wildman–Crippen LogP) is 4.91. The highest BCUT2D eigenvalue weighted by Gasteiger charge is 2.37. The molecule has 0 amide bonds. The van der Waals surface area contributed by atoms with Crippen LogP contribution in [-0.4, -0.2) is 30.2 Å². The van der Waals surface area contributed by atoms with Gasteiger partial charge in [0.15, 0.2) is 5.58 Å². The Morgan fingerprint density at radius 1 is 1.00 bits per heavy atom. The van der Waals surface area contributed by atoms with Crippen LogP contribution in [0.2, 0.25) is 0 Å². The van der Waals surface area contributed by atoms with Gasteiger partial charge in [0, 0.05) is 29.9 Å². The molecule has 0 N–H and O–H groups in total. The smallest absolute Gasteiger partial charge is 0.159 e. The zero-order valence-corrected chi connectivity index (χ0v) is 14.5. The average molecular weight is 320 g/mol. The summed E-state index contributed by atoms with van der Waals surface area (Å²) in [7, 11) is 0. The lowest BCUT2D eigenvalue weighted by molar-refractivity contribution is 0.177. The van der Waals surface area contributed by atoms with E-state index in [9.17, 15) is 0 Å². The van der Waals surface area contributed by atoms with Crippen LogP contribution in [0.5, 0.6) is 0 Å². The van der Waals surface area contributed by atoms with Gasteiger partial charge in [-0.3, -0.25) is 4.90 Å². The van der Waals surface area contributed by atoms with Gasteiger partial charge in [0.1, 0.15) is 5.58 Å². The van der Waals surface area contributed by atoms with Gasteiger partial charge in [-0.15, -0.1) is 0 Å². The first-order chi connectivity index (χ1) is 11.7. The second-order valence-electron chi connectivity index (χ2n) is 7.37. The molecular weight excluding hydrogens is 296 g/mol. The van der Waals surface area contributed by atoms with Gasteiger partial charge in [-0.1, -0.05) is 30.3 Å². The van der Waals surface area contributed by atoms with Gasteiger partial charge < -0.3 is 9.32 Å². The summed E-state index contributed by atoms with van der Waals surface area (Å²) in [6.45, 7) is 7.04. The Balaban J connectivity index is 1.78. The quantitative estimate of drug-likeness (QED) is 0.635. The van der Waals surface area contributed by atoms with Gasteiger partial charge in [-0.2, -0.15) is 0 Å². The zero-order valence-electron chi connectivity index (χ0n) is 14.5. The van der Waals surface area contributed by atoms with Gasteiger partial charge >= 0.3 is 0 Å². The Morgan fingerprint density at radius 3 is 2.79 bits per heavy atom. The van der Waals surface area contributed by atoms with Crippen molar-refractivity contribution >= 4 is 27.6 Å². The normalized spacial score (nSPS) is 27.1. The first kappa shape index (κ1) is 14.4. The molecule has 3 fully saturated rings. The van der Waals surface area contributed by atoms with Crippen molar-refractivity contribution in [1.82, 2.24) is 4.90 Å². The van der Waals surface area contributed by atoms with Crippen molar-refractivity contribution in [2.45, 2.75) is 45.3 Å². The molecule has 3 aliphatic heterocycles. The molecule has 3 aromatic rings. The van der Waals surface area contributed by atoms with Crippen molar-refractivity contribution in [3.63, 3.8) is 0 Å². The molecular formula is C21H24N2O. The predicted molar refractivity (Wildman–Crippen MR) is 99.6 cm³/mol. The van der Waals surface area contributed by atoms with Crippen molar-refractivity contribution in [3.05, 3.63) is 42.0 Å². The molecule has 3 nitrogen and oxygen atoms in total. The minimum Gasteiger partial charge on any atom is -0.454 e. The molecule has 24 heavy (non-hydrogen) atoms. The van der Waals surface area contributed by atoms with E-state index >= 15 is 0 Å². The second-order valence-corrected chi connectivity index (χ2v) is 7.37. The third-order valence-electron chi connectivity index (χ3n) is 6.04. The molecule has 3 unspecified atom stereocenters. The van der Waals surface area contributed by atoms with Gasteiger partial charge in [-0.25, -0.2) is 0 Å². The standard InChI is InChI=1S/C21H24N2O/c1-14-9-10-18-17-7-3-4-8-19(17)24-21(18)20(14)23-15(2)22-12-5-6-16(23)11-13-22/h3-4,7-10,15-16H,5-6,11-13H2,1-2H3. The Hall–Kier alpha value is -2.00. The number of para-hydroxylation sites is 1. The van der Waals surface area contributed by atoms with Crippen LogP contribution >= 0.6 is 0 Å². The van der Waals surface area contributed by atoms with E-state index in [0.29, 0.717) is 12.2 Å². The monoisotopic (exact) mass is 320 g/mol. The summed E-state index contributed by atoms with van der Waals surface area (Å²) in [4.78, 5) is 5.28. The van der Waals surface area contributed by atoms with E-state index in [2.05, 4.69) is 60.0 Å². The van der Waals surface area contributed by atoms with E-state index in [4.69, 9.17) is 4.42 Å². The second kappa shape index (κ2) is 5.25. The summed E-state index contributed by atoms with van der Waals surface area (Å²) in [5, 5.41) is 2.47. The summed E-state index contributed by atoms with van der Waals surface area (Å²) in [5.74, 6) is 0. The van der Waals surface area contributed by atoms with Crippen LogP contribution in [0.1, 0.15) is 31.7 Å². The topological polar surface area (TPSA) is 19.6 Å². The minimum atomic E-state index is 0.448. The van der Waals surface area contributed by atoms with Crippen molar-refractivity contribution in [3.8, 4) is 0 Å². The van der Waals surface area contributed by atoms with Gasteiger partial charge in [0.2, 0.25) is 0 Å². The SMILES string of the molecule is Cc1ccc2c(oc3ccccc32)c1N1C2CCCN(CC2)C1C. The minimum absolute atomic E-state index is 0.448. The first-order valence-corrected chi connectivity index (χ1v) is 9.17. The lowest BCUT2D eigenvalue weighted by Crippen LogP contribution is -2.55. The number of rotatable bonds is 1. The van der Waals surface area contributed by atoms with Crippen LogP contribution in [0.4, 0.5) is 5.69 Å². The zero-order chi connectivity index (χ0) is 16.3. The molecule has 3 saturated heterocycles. The fourth-order valence-electron chi connectivity index (χ4n) is 4.80. The number of aryl methyl sites for hydroxylation is 1. The van der Waals surface area contributed by atoms with Crippen LogP contribution in [0.25, 0.3) is 21.9 Å². The van der Waals surface area contributed by atoms with Crippen molar-refractivity contribution in [2.75, 3.05) is 18.0 Å². The molecule has 2 aromatic carbocycles. The fraction of sp³-hybridized carbons (Fsp3) is 0.429. The Labute approximate surface area is 142 Å². The molecule has 0 spiro atoms. The highest BCUT2D eigenvalue weighted by molar-refractivity contribution is 6.09. The van der Waals surface area contributed by atoms with Gasteiger partial charge in [-0.05, 0) is 44.7 Å². The molecule has 3 heteroatoms. The largest absolute Gasteiger partial charge is 0.454 e. The molecule has 0 radical (unpaired) electrons. The molecule has 0 saturated carbocycles. The van der Waals surface area contributed by atoms with Crippen molar-refractivity contribution < 1.29 is 4.42 Å². The molecule has 0 aliphatic carbocycles. The number of hydrogen-bond donors (Lipinski definition) is 0. The molecule has 2 bridgehead atoms. The molecule has 3 atom stereocenters. The maximum atomic E-state index is 6.35. The maximum Gasteiger partial charge on any atom is 0.159 e. The van der Waals surface area contributed by atoms with E-state index in [1.54, 1.807) is 0 Å². The summed E-state index contributed by atoms with van der Waals surface area (Å²) in [6.07, 6.45) is 4.31. The first-order valence-electron chi connectivity index (χ1n) is 9.17. The summed E-state index contributed by atoms with van der Waals surface area (Å²) < 4.78 is 6.35. The Bertz CT molecular complexity index is 907. The fourth-order valence-corrected chi connectivity index (χ4v) is 4.80. The molecule has 6 rings (SSSR count). The van der Waals surface area contributed by atoms with Gasteiger partial charge in [0.25, 0.3) is 0 Å². The third-order valence-corrected chi connectivity index (χ3v) is 6.04. The molecule has 3 aliphatic rings. The van der Waals surface area contributed by atoms with Crippen LogP contribution < -0.4 is 4.90 Å². The van der Waals surface area contributed by atoms with E-state index in [1.807, 2.05) is 0 Å². The molecule has 4 heterocycles. The number of furan rings is 1.